The van der Waals surface area contributed by atoms with Crippen LogP contribution in [0.5, 0.6) is 11.5 Å². The van der Waals surface area contributed by atoms with Crippen molar-refractivity contribution in [1.29, 1.82) is 5.26 Å². The number of carbonyl (C=O) groups is 1. The Bertz CT molecular complexity index is 979. The summed E-state index contributed by atoms with van der Waals surface area (Å²) in [6.45, 7) is 4.20. The maximum Gasteiger partial charge on any atom is 0.311 e. The van der Waals surface area contributed by atoms with Crippen molar-refractivity contribution in [2.24, 2.45) is 17.3 Å². The zero-order chi connectivity index (χ0) is 21.1. The minimum atomic E-state index is -0.951. The van der Waals surface area contributed by atoms with E-state index in [9.17, 15) is 10.1 Å². The van der Waals surface area contributed by atoms with E-state index in [2.05, 4.69) is 26.0 Å². The average Bonchev–Trinajstić information content (AvgIpc) is 3.07. The number of nitriles is 1. The van der Waals surface area contributed by atoms with Crippen LogP contribution in [0.3, 0.4) is 0 Å². The van der Waals surface area contributed by atoms with Gasteiger partial charge in [0, 0.05) is 5.56 Å². The van der Waals surface area contributed by atoms with Crippen molar-refractivity contribution in [3.63, 3.8) is 0 Å². The zero-order valence-electron chi connectivity index (χ0n) is 17.5. The Kier molecular flexibility index (Phi) is 5.63. The van der Waals surface area contributed by atoms with E-state index < -0.39 is 6.10 Å². The highest BCUT2D eigenvalue weighted by Gasteiger charge is 2.61. The molecule has 4 heteroatoms. The van der Waals surface area contributed by atoms with E-state index in [0.29, 0.717) is 17.1 Å². The number of para-hydroxylation sites is 1. The van der Waals surface area contributed by atoms with E-state index >= 15 is 0 Å². The monoisotopic (exact) mass is 401 g/mol. The number of nitrogens with zero attached hydrogens (tertiary/aromatic N) is 1. The minimum absolute atomic E-state index is 0.120. The molecule has 2 aromatic carbocycles. The molecule has 0 saturated heterocycles. The van der Waals surface area contributed by atoms with Gasteiger partial charge in [-0.05, 0) is 61.3 Å². The Balaban J connectivity index is 1.45. The number of ether oxygens (including phenoxy) is 2. The fourth-order valence-corrected chi connectivity index (χ4v) is 4.41. The van der Waals surface area contributed by atoms with E-state index in [-0.39, 0.29) is 23.2 Å². The Morgan fingerprint density at radius 1 is 1.10 bits per heavy atom. The number of rotatable bonds is 6. The molecular formula is C26H27NO3. The van der Waals surface area contributed by atoms with Crippen LogP contribution in [0.4, 0.5) is 0 Å². The summed E-state index contributed by atoms with van der Waals surface area (Å²) >= 11 is 0. The van der Waals surface area contributed by atoms with Crippen LogP contribution < -0.4 is 4.74 Å². The highest BCUT2D eigenvalue weighted by molar-refractivity contribution is 5.78. The first-order chi connectivity index (χ1) is 14.5. The number of benzene rings is 2. The highest BCUT2D eigenvalue weighted by atomic mass is 16.5. The Morgan fingerprint density at radius 2 is 1.80 bits per heavy atom. The lowest BCUT2D eigenvalue weighted by Crippen LogP contribution is -2.14. The van der Waals surface area contributed by atoms with Crippen LogP contribution in [-0.2, 0) is 9.53 Å². The highest BCUT2D eigenvalue weighted by Crippen LogP contribution is 2.60. The van der Waals surface area contributed by atoms with Gasteiger partial charge in [0.05, 0.1) is 5.92 Å². The topological polar surface area (TPSA) is 59.3 Å². The molecule has 0 unspecified atom stereocenters. The molecule has 0 heterocycles. The number of hydrogen-bond acceptors (Lipinski definition) is 4. The molecule has 0 aromatic heterocycles. The molecule has 2 aromatic rings. The Hall–Kier alpha value is -3.06. The molecule has 4 nitrogen and oxygen atoms in total. The molecule has 0 amide bonds. The van der Waals surface area contributed by atoms with E-state index in [1.807, 2.05) is 36.4 Å². The minimum Gasteiger partial charge on any atom is -0.457 e. The smallest absolute Gasteiger partial charge is 0.311 e. The third-order valence-electron chi connectivity index (χ3n) is 6.32. The zero-order valence-corrected chi connectivity index (χ0v) is 17.5. The molecule has 2 aliphatic carbocycles. The molecule has 2 fully saturated rings. The summed E-state index contributed by atoms with van der Waals surface area (Å²) < 4.78 is 11.5. The Labute approximate surface area is 178 Å². The second-order valence-corrected chi connectivity index (χ2v) is 8.79. The molecule has 30 heavy (non-hydrogen) atoms. The summed E-state index contributed by atoms with van der Waals surface area (Å²) in [5.41, 5.74) is 1.96. The molecule has 0 aliphatic heterocycles. The third-order valence-corrected chi connectivity index (χ3v) is 6.32. The lowest BCUT2D eigenvalue weighted by atomic mass is 10.1. The summed E-state index contributed by atoms with van der Waals surface area (Å²) in [7, 11) is 0. The second kappa shape index (κ2) is 8.36. The molecule has 2 aliphatic rings. The number of carbonyl (C=O) groups excluding carboxylic acids is 1. The fraction of sp³-hybridized carbons (Fsp3) is 0.385. The SMILES string of the molecule is CC1(C)[C@H](C=C2CCCC2)[C@H]1C(=O)O[C@@H](C#N)c1cccc(Oc2ccccc2)c1. The standard InChI is InChI=1S/C26H27NO3/c1-26(2)22(15-18-9-6-7-10-18)24(26)25(28)30-23(17-27)19-11-8-14-21(16-19)29-20-12-4-3-5-13-20/h3-5,8,11-16,22-24H,6-7,9-10H2,1-2H3/t22-,23+,24+/m1/s1. The maximum atomic E-state index is 12.9. The van der Waals surface area contributed by atoms with Crippen molar-refractivity contribution in [3.05, 3.63) is 71.8 Å². The van der Waals surface area contributed by atoms with Crippen molar-refractivity contribution >= 4 is 5.97 Å². The van der Waals surface area contributed by atoms with Crippen molar-refractivity contribution in [2.45, 2.75) is 45.6 Å². The molecule has 154 valence electrons. The number of esters is 1. The van der Waals surface area contributed by atoms with Crippen molar-refractivity contribution in [2.75, 3.05) is 0 Å². The van der Waals surface area contributed by atoms with Crippen LogP contribution in [0.25, 0.3) is 0 Å². The van der Waals surface area contributed by atoms with Crippen LogP contribution in [0.15, 0.2) is 66.2 Å². The fourth-order valence-electron chi connectivity index (χ4n) is 4.41. The van der Waals surface area contributed by atoms with Gasteiger partial charge in [-0.2, -0.15) is 5.26 Å². The van der Waals surface area contributed by atoms with Crippen LogP contribution in [-0.4, -0.2) is 5.97 Å². The van der Waals surface area contributed by atoms with Crippen molar-refractivity contribution in [3.8, 4) is 17.6 Å². The lowest BCUT2D eigenvalue weighted by molar-refractivity contribution is -0.149. The molecular weight excluding hydrogens is 374 g/mol. The third kappa shape index (κ3) is 4.26. The van der Waals surface area contributed by atoms with Crippen LogP contribution in [0.1, 0.15) is 51.2 Å². The molecule has 0 spiro atoms. The first-order valence-electron chi connectivity index (χ1n) is 10.6. The van der Waals surface area contributed by atoms with E-state index in [0.717, 1.165) is 12.8 Å². The van der Waals surface area contributed by atoms with Gasteiger partial charge in [-0.3, -0.25) is 4.79 Å². The summed E-state index contributed by atoms with van der Waals surface area (Å²) in [5.74, 6) is 1.03. The van der Waals surface area contributed by atoms with Gasteiger partial charge in [0.2, 0.25) is 6.10 Å². The van der Waals surface area contributed by atoms with Crippen LogP contribution >= 0.6 is 0 Å². The van der Waals surface area contributed by atoms with E-state index in [1.165, 1.54) is 18.4 Å². The van der Waals surface area contributed by atoms with Crippen molar-refractivity contribution < 1.29 is 14.3 Å². The summed E-state index contributed by atoms with van der Waals surface area (Å²) in [4.78, 5) is 12.9. The van der Waals surface area contributed by atoms with Gasteiger partial charge in [0.25, 0.3) is 0 Å². The second-order valence-electron chi connectivity index (χ2n) is 8.79. The van der Waals surface area contributed by atoms with E-state index in [4.69, 9.17) is 9.47 Å². The largest absolute Gasteiger partial charge is 0.457 e. The maximum absolute atomic E-state index is 12.9. The van der Waals surface area contributed by atoms with Gasteiger partial charge in [-0.15, -0.1) is 0 Å². The number of hydrogen-bond donors (Lipinski definition) is 0. The average molecular weight is 402 g/mol. The molecule has 3 atom stereocenters. The van der Waals surface area contributed by atoms with Crippen LogP contribution in [0.2, 0.25) is 0 Å². The van der Waals surface area contributed by atoms with Gasteiger partial charge in [0.1, 0.15) is 17.6 Å². The molecule has 0 bridgehead atoms. The molecule has 0 radical (unpaired) electrons. The number of allylic oxidation sites excluding steroid dienone is 2. The first-order valence-corrected chi connectivity index (χ1v) is 10.6. The van der Waals surface area contributed by atoms with Gasteiger partial charge >= 0.3 is 5.97 Å². The van der Waals surface area contributed by atoms with E-state index in [1.54, 1.807) is 18.2 Å². The predicted molar refractivity (Wildman–Crippen MR) is 115 cm³/mol. The van der Waals surface area contributed by atoms with Crippen LogP contribution in [0, 0.1) is 28.6 Å². The quantitative estimate of drug-likeness (QED) is 0.417. The van der Waals surface area contributed by atoms with Gasteiger partial charge in [0.15, 0.2) is 0 Å². The molecule has 2 saturated carbocycles. The lowest BCUT2D eigenvalue weighted by Gasteiger charge is -2.13. The summed E-state index contributed by atoms with van der Waals surface area (Å²) in [6.07, 6.45) is 6.10. The molecule has 0 N–H and O–H groups in total. The summed E-state index contributed by atoms with van der Waals surface area (Å²) in [5, 5.41) is 9.66. The Morgan fingerprint density at radius 3 is 2.50 bits per heavy atom. The molecule has 4 rings (SSSR count). The van der Waals surface area contributed by atoms with Gasteiger partial charge in [-0.25, -0.2) is 0 Å². The summed E-state index contributed by atoms with van der Waals surface area (Å²) in [6, 6.07) is 18.7. The first kappa shape index (κ1) is 20.2. The normalized spacial score (nSPS) is 22.6. The van der Waals surface area contributed by atoms with Gasteiger partial charge in [-0.1, -0.05) is 55.8 Å². The van der Waals surface area contributed by atoms with Gasteiger partial charge < -0.3 is 9.47 Å². The predicted octanol–water partition coefficient (Wildman–Crippen LogP) is 6.36. The van der Waals surface area contributed by atoms with Crippen molar-refractivity contribution in [1.82, 2.24) is 0 Å².